The van der Waals surface area contributed by atoms with Crippen LogP contribution in [0.2, 0.25) is 0 Å². The SMILES string of the molecule is Cc1ccc(/C=C/c2cc(OCC(C)C)cc(C(=O)Nc3nccs3)c2)cc1. The zero-order valence-electron chi connectivity index (χ0n) is 16.3. The van der Waals surface area contributed by atoms with Crippen LogP contribution in [0.1, 0.15) is 40.9 Å². The van der Waals surface area contributed by atoms with Gasteiger partial charge in [0.15, 0.2) is 5.13 Å². The lowest BCUT2D eigenvalue weighted by atomic mass is 10.1. The third-order valence-corrected chi connectivity index (χ3v) is 4.66. The van der Waals surface area contributed by atoms with Gasteiger partial charge in [-0.2, -0.15) is 0 Å². The van der Waals surface area contributed by atoms with E-state index in [-0.39, 0.29) is 5.91 Å². The van der Waals surface area contributed by atoms with Gasteiger partial charge in [0.05, 0.1) is 6.61 Å². The van der Waals surface area contributed by atoms with Gasteiger partial charge in [-0.25, -0.2) is 4.98 Å². The average molecular weight is 393 g/mol. The van der Waals surface area contributed by atoms with Crippen molar-refractivity contribution in [2.75, 3.05) is 11.9 Å². The predicted octanol–water partition coefficient (Wildman–Crippen LogP) is 5.91. The van der Waals surface area contributed by atoms with Crippen LogP contribution in [0, 0.1) is 12.8 Å². The Morgan fingerprint density at radius 1 is 1.14 bits per heavy atom. The molecule has 5 heteroatoms. The molecule has 0 aliphatic heterocycles. The number of carbonyl (C=O) groups is 1. The zero-order valence-corrected chi connectivity index (χ0v) is 17.1. The molecule has 0 aliphatic carbocycles. The van der Waals surface area contributed by atoms with Gasteiger partial charge < -0.3 is 4.74 Å². The molecule has 1 N–H and O–H groups in total. The molecule has 3 aromatic rings. The molecule has 28 heavy (non-hydrogen) atoms. The van der Waals surface area contributed by atoms with Crippen LogP contribution in [0.5, 0.6) is 5.75 Å². The number of hydrogen-bond acceptors (Lipinski definition) is 4. The molecule has 4 nitrogen and oxygen atoms in total. The minimum atomic E-state index is -0.199. The van der Waals surface area contributed by atoms with Crippen LogP contribution < -0.4 is 10.1 Å². The summed E-state index contributed by atoms with van der Waals surface area (Å²) in [6.45, 7) is 6.85. The Balaban J connectivity index is 1.85. The highest BCUT2D eigenvalue weighted by Crippen LogP contribution is 2.22. The molecule has 0 saturated carbocycles. The minimum Gasteiger partial charge on any atom is -0.493 e. The van der Waals surface area contributed by atoms with Gasteiger partial charge in [0.25, 0.3) is 5.91 Å². The first-order valence-electron chi connectivity index (χ1n) is 9.23. The lowest BCUT2D eigenvalue weighted by Crippen LogP contribution is -2.12. The second-order valence-corrected chi connectivity index (χ2v) is 7.93. The van der Waals surface area contributed by atoms with Crippen molar-refractivity contribution in [3.05, 3.63) is 76.3 Å². The monoisotopic (exact) mass is 392 g/mol. The van der Waals surface area contributed by atoms with Crippen molar-refractivity contribution in [2.45, 2.75) is 20.8 Å². The number of benzene rings is 2. The first kappa shape index (κ1) is 19.8. The molecule has 144 valence electrons. The highest BCUT2D eigenvalue weighted by molar-refractivity contribution is 7.13. The van der Waals surface area contributed by atoms with Gasteiger partial charge in [-0.15, -0.1) is 11.3 Å². The molecule has 0 atom stereocenters. The quantitative estimate of drug-likeness (QED) is 0.509. The number of anilines is 1. The van der Waals surface area contributed by atoms with Crippen molar-refractivity contribution in [1.29, 1.82) is 0 Å². The van der Waals surface area contributed by atoms with Crippen LogP contribution in [0.15, 0.2) is 54.0 Å². The van der Waals surface area contributed by atoms with Gasteiger partial charge in [-0.1, -0.05) is 55.8 Å². The maximum absolute atomic E-state index is 12.6. The molecule has 0 aliphatic rings. The molecular formula is C23H24N2O2S. The van der Waals surface area contributed by atoms with Gasteiger partial charge in [-0.05, 0) is 42.2 Å². The molecule has 0 bridgehead atoms. The van der Waals surface area contributed by atoms with Crippen molar-refractivity contribution in [3.8, 4) is 5.75 Å². The highest BCUT2D eigenvalue weighted by atomic mass is 32.1. The smallest absolute Gasteiger partial charge is 0.257 e. The summed E-state index contributed by atoms with van der Waals surface area (Å²) < 4.78 is 5.87. The Labute approximate surface area is 169 Å². The number of hydrogen-bond donors (Lipinski definition) is 1. The molecule has 2 aromatic carbocycles. The van der Waals surface area contributed by atoms with E-state index >= 15 is 0 Å². The van der Waals surface area contributed by atoms with Crippen LogP contribution in [-0.2, 0) is 0 Å². The van der Waals surface area contributed by atoms with Crippen LogP contribution in [0.25, 0.3) is 12.2 Å². The highest BCUT2D eigenvalue weighted by Gasteiger charge is 2.11. The predicted molar refractivity (Wildman–Crippen MR) is 117 cm³/mol. The molecule has 1 amide bonds. The Kier molecular flexibility index (Phi) is 6.61. The first-order valence-corrected chi connectivity index (χ1v) is 10.1. The second-order valence-electron chi connectivity index (χ2n) is 7.03. The van der Waals surface area contributed by atoms with Crippen LogP contribution in [0.4, 0.5) is 5.13 Å². The molecule has 0 saturated heterocycles. The van der Waals surface area contributed by atoms with Crippen molar-refractivity contribution < 1.29 is 9.53 Å². The Morgan fingerprint density at radius 3 is 2.57 bits per heavy atom. The van der Waals surface area contributed by atoms with Gasteiger partial charge in [-0.3, -0.25) is 10.1 Å². The summed E-state index contributed by atoms with van der Waals surface area (Å²) >= 11 is 1.39. The fraction of sp³-hybridized carbons (Fsp3) is 0.217. The van der Waals surface area contributed by atoms with Gasteiger partial charge in [0.2, 0.25) is 0 Å². The van der Waals surface area contributed by atoms with E-state index in [1.807, 2.05) is 29.7 Å². The Hall–Kier alpha value is -2.92. The van der Waals surface area contributed by atoms with E-state index in [0.29, 0.717) is 29.0 Å². The van der Waals surface area contributed by atoms with E-state index in [9.17, 15) is 4.79 Å². The third-order valence-electron chi connectivity index (χ3n) is 3.97. The lowest BCUT2D eigenvalue weighted by molar-refractivity contribution is 0.102. The number of carbonyl (C=O) groups excluding carboxylic acids is 1. The van der Waals surface area contributed by atoms with Crippen molar-refractivity contribution in [3.63, 3.8) is 0 Å². The number of thiazole rings is 1. The number of aromatic nitrogens is 1. The van der Waals surface area contributed by atoms with E-state index in [4.69, 9.17) is 4.74 Å². The van der Waals surface area contributed by atoms with E-state index in [1.54, 1.807) is 12.3 Å². The van der Waals surface area contributed by atoms with E-state index < -0.39 is 0 Å². The maximum Gasteiger partial charge on any atom is 0.257 e. The summed E-state index contributed by atoms with van der Waals surface area (Å²) in [5.74, 6) is 0.887. The van der Waals surface area contributed by atoms with E-state index in [1.165, 1.54) is 16.9 Å². The average Bonchev–Trinajstić information content (AvgIpc) is 3.19. The summed E-state index contributed by atoms with van der Waals surface area (Å²) in [5.41, 5.74) is 3.78. The molecule has 0 fully saturated rings. The van der Waals surface area contributed by atoms with Gasteiger partial charge >= 0.3 is 0 Å². The van der Waals surface area contributed by atoms with E-state index in [0.717, 1.165) is 11.1 Å². The van der Waals surface area contributed by atoms with Crippen molar-refractivity contribution >= 4 is 34.5 Å². The zero-order chi connectivity index (χ0) is 19.9. The number of aryl methyl sites for hydroxylation is 1. The molecule has 0 radical (unpaired) electrons. The molecule has 0 unspecified atom stereocenters. The summed E-state index contributed by atoms with van der Waals surface area (Å²) in [4.78, 5) is 16.8. The standard InChI is InChI=1S/C23H24N2O2S/c1-16(2)15-27-21-13-19(9-8-18-6-4-17(3)5-7-18)12-20(14-21)22(26)25-23-24-10-11-28-23/h4-14,16H,15H2,1-3H3,(H,24,25,26)/b9-8+. The third kappa shape index (κ3) is 5.79. The largest absolute Gasteiger partial charge is 0.493 e. The molecule has 1 aromatic heterocycles. The fourth-order valence-electron chi connectivity index (χ4n) is 2.52. The molecule has 3 rings (SSSR count). The van der Waals surface area contributed by atoms with Crippen LogP contribution in [0.3, 0.4) is 0 Å². The fourth-order valence-corrected chi connectivity index (χ4v) is 3.04. The number of nitrogens with zero attached hydrogens (tertiary/aromatic N) is 1. The topological polar surface area (TPSA) is 51.2 Å². The normalized spacial score (nSPS) is 11.1. The number of nitrogens with one attached hydrogen (secondary N) is 1. The van der Waals surface area contributed by atoms with Crippen LogP contribution in [-0.4, -0.2) is 17.5 Å². The van der Waals surface area contributed by atoms with Crippen LogP contribution >= 0.6 is 11.3 Å². The van der Waals surface area contributed by atoms with Gasteiger partial charge in [0.1, 0.15) is 5.75 Å². The van der Waals surface area contributed by atoms with E-state index in [2.05, 4.69) is 55.3 Å². The molecule has 0 spiro atoms. The minimum absolute atomic E-state index is 0.199. The first-order chi connectivity index (χ1) is 13.5. The maximum atomic E-state index is 12.6. The molecular weight excluding hydrogens is 368 g/mol. The Bertz CT molecular complexity index is 945. The number of rotatable bonds is 7. The lowest BCUT2D eigenvalue weighted by Gasteiger charge is -2.11. The second kappa shape index (κ2) is 9.33. The summed E-state index contributed by atoms with van der Waals surface area (Å²) in [5, 5.41) is 5.23. The molecule has 1 heterocycles. The van der Waals surface area contributed by atoms with Crippen molar-refractivity contribution in [1.82, 2.24) is 4.98 Å². The summed E-state index contributed by atoms with van der Waals surface area (Å²) in [7, 11) is 0. The number of ether oxygens (including phenoxy) is 1. The van der Waals surface area contributed by atoms with Gasteiger partial charge in [0, 0.05) is 17.1 Å². The Morgan fingerprint density at radius 2 is 1.89 bits per heavy atom. The summed E-state index contributed by atoms with van der Waals surface area (Å²) in [6.07, 6.45) is 5.69. The number of amides is 1. The van der Waals surface area contributed by atoms with Crippen molar-refractivity contribution in [2.24, 2.45) is 5.92 Å². The summed E-state index contributed by atoms with van der Waals surface area (Å²) in [6, 6.07) is 13.9.